The quantitative estimate of drug-likeness (QED) is 0.909. The number of para-hydroxylation sites is 1. The molecule has 0 heterocycles. The van der Waals surface area contributed by atoms with Crippen molar-refractivity contribution >= 4 is 11.7 Å². The van der Waals surface area contributed by atoms with Gasteiger partial charge in [-0.3, -0.25) is 4.79 Å². The van der Waals surface area contributed by atoms with Crippen LogP contribution in [0.1, 0.15) is 11.1 Å². The molecule has 20 heavy (non-hydrogen) atoms. The normalized spacial score (nSPS) is 10.3. The van der Waals surface area contributed by atoms with Crippen LogP contribution in [-0.4, -0.2) is 17.6 Å². The molecule has 0 amide bonds. The van der Waals surface area contributed by atoms with E-state index in [1.165, 1.54) is 6.07 Å². The summed E-state index contributed by atoms with van der Waals surface area (Å²) in [5.74, 6) is -1.26. The zero-order valence-corrected chi connectivity index (χ0v) is 11.2. The lowest BCUT2D eigenvalue weighted by atomic mass is 10.1. The fourth-order valence-electron chi connectivity index (χ4n) is 2.07. The smallest absolute Gasteiger partial charge is 0.323 e. The monoisotopic (exact) mass is 273 g/mol. The minimum Gasteiger partial charge on any atom is -0.480 e. The molecule has 2 aromatic carbocycles. The molecule has 0 saturated carbocycles. The zero-order valence-electron chi connectivity index (χ0n) is 11.2. The van der Waals surface area contributed by atoms with Crippen LogP contribution >= 0.6 is 0 Å². The number of aliphatic carboxylic acids is 1. The van der Waals surface area contributed by atoms with Gasteiger partial charge in [0.25, 0.3) is 0 Å². The summed E-state index contributed by atoms with van der Waals surface area (Å²) >= 11 is 0. The summed E-state index contributed by atoms with van der Waals surface area (Å²) in [6.07, 6.45) is 0. The van der Waals surface area contributed by atoms with Crippen LogP contribution in [0.4, 0.5) is 10.1 Å². The first-order valence-corrected chi connectivity index (χ1v) is 6.33. The summed E-state index contributed by atoms with van der Waals surface area (Å²) in [6.45, 7) is 1.94. The molecule has 104 valence electrons. The number of carboxylic acids is 1. The third-order valence-electron chi connectivity index (χ3n) is 3.01. The van der Waals surface area contributed by atoms with E-state index in [1.54, 1.807) is 17.0 Å². The Balaban J connectivity index is 2.28. The second-order valence-electron chi connectivity index (χ2n) is 4.68. The minimum atomic E-state index is -0.943. The van der Waals surface area contributed by atoms with Gasteiger partial charge in [-0.1, -0.05) is 35.9 Å². The second kappa shape index (κ2) is 6.19. The van der Waals surface area contributed by atoms with Crippen molar-refractivity contribution < 1.29 is 14.3 Å². The number of nitrogens with zero attached hydrogens (tertiary/aromatic N) is 1. The first-order chi connectivity index (χ1) is 9.56. The predicted molar refractivity (Wildman–Crippen MR) is 76.3 cm³/mol. The highest BCUT2D eigenvalue weighted by molar-refractivity contribution is 5.73. The second-order valence-corrected chi connectivity index (χ2v) is 4.68. The average molecular weight is 273 g/mol. The Labute approximate surface area is 117 Å². The lowest BCUT2D eigenvalue weighted by molar-refractivity contribution is -0.135. The van der Waals surface area contributed by atoms with Gasteiger partial charge in [-0.05, 0) is 25.1 Å². The van der Waals surface area contributed by atoms with Crippen LogP contribution in [0.3, 0.4) is 0 Å². The van der Waals surface area contributed by atoms with Gasteiger partial charge >= 0.3 is 5.97 Å². The van der Waals surface area contributed by atoms with Crippen molar-refractivity contribution in [3.63, 3.8) is 0 Å². The van der Waals surface area contributed by atoms with Crippen molar-refractivity contribution in [1.82, 2.24) is 0 Å². The highest BCUT2D eigenvalue weighted by Crippen LogP contribution is 2.19. The van der Waals surface area contributed by atoms with E-state index in [2.05, 4.69) is 0 Å². The van der Waals surface area contributed by atoms with Gasteiger partial charge in [0.05, 0.1) is 0 Å². The Bertz CT molecular complexity index is 599. The van der Waals surface area contributed by atoms with Gasteiger partial charge in [0.2, 0.25) is 0 Å². The number of aryl methyl sites for hydroxylation is 1. The van der Waals surface area contributed by atoms with E-state index in [-0.39, 0.29) is 18.9 Å². The maximum atomic E-state index is 13.8. The van der Waals surface area contributed by atoms with Gasteiger partial charge in [0.15, 0.2) is 0 Å². The van der Waals surface area contributed by atoms with E-state index in [4.69, 9.17) is 5.11 Å². The largest absolute Gasteiger partial charge is 0.480 e. The van der Waals surface area contributed by atoms with E-state index in [9.17, 15) is 9.18 Å². The van der Waals surface area contributed by atoms with Crippen molar-refractivity contribution in [2.24, 2.45) is 0 Å². The van der Waals surface area contributed by atoms with Gasteiger partial charge in [-0.25, -0.2) is 4.39 Å². The Morgan fingerprint density at radius 1 is 1.20 bits per heavy atom. The standard InChI is InChI=1S/C16H16FNO2/c1-12-7-8-15(17)13(9-12)10-18(11-16(19)20)14-5-3-2-4-6-14/h2-9H,10-11H2,1H3,(H,19,20). The van der Waals surface area contributed by atoms with Crippen molar-refractivity contribution in [2.45, 2.75) is 13.5 Å². The molecule has 1 N–H and O–H groups in total. The lowest BCUT2D eigenvalue weighted by Gasteiger charge is -2.23. The molecule has 0 unspecified atom stereocenters. The van der Waals surface area contributed by atoms with E-state index in [0.717, 1.165) is 11.3 Å². The first-order valence-electron chi connectivity index (χ1n) is 6.33. The third kappa shape index (κ3) is 3.57. The number of carboxylic acid groups (broad SMARTS) is 1. The highest BCUT2D eigenvalue weighted by Gasteiger charge is 2.13. The molecule has 0 atom stereocenters. The Morgan fingerprint density at radius 2 is 1.90 bits per heavy atom. The van der Waals surface area contributed by atoms with Crippen LogP contribution in [0.2, 0.25) is 0 Å². The molecule has 3 nitrogen and oxygen atoms in total. The number of hydrogen-bond acceptors (Lipinski definition) is 2. The number of anilines is 1. The molecule has 0 radical (unpaired) electrons. The highest BCUT2D eigenvalue weighted by atomic mass is 19.1. The van der Waals surface area contributed by atoms with E-state index in [0.29, 0.717) is 5.56 Å². The van der Waals surface area contributed by atoms with Crippen LogP contribution in [0.15, 0.2) is 48.5 Å². The van der Waals surface area contributed by atoms with Gasteiger partial charge < -0.3 is 10.0 Å². The van der Waals surface area contributed by atoms with Crippen molar-refractivity contribution in [3.8, 4) is 0 Å². The summed E-state index contributed by atoms with van der Waals surface area (Å²) in [7, 11) is 0. The number of rotatable bonds is 5. The molecule has 2 aromatic rings. The van der Waals surface area contributed by atoms with Crippen LogP contribution in [-0.2, 0) is 11.3 Å². The molecule has 0 fully saturated rings. The molecule has 4 heteroatoms. The number of hydrogen-bond donors (Lipinski definition) is 1. The summed E-state index contributed by atoms with van der Waals surface area (Å²) in [5.41, 5.74) is 2.20. The van der Waals surface area contributed by atoms with Gasteiger partial charge in [-0.2, -0.15) is 0 Å². The fourth-order valence-corrected chi connectivity index (χ4v) is 2.07. The first kappa shape index (κ1) is 14.1. The molecule has 0 saturated heterocycles. The summed E-state index contributed by atoms with van der Waals surface area (Å²) in [4.78, 5) is 12.6. The van der Waals surface area contributed by atoms with Crippen molar-refractivity contribution in [1.29, 1.82) is 0 Å². The Hall–Kier alpha value is -2.36. The number of halogens is 1. The van der Waals surface area contributed by atoms with Crippen molar-refractivity contribution in [2.75, 3.05) is 11.4 Å². The topological polar surface area (TPSA) is 40.5 Å². The zero-order chi connectivity index (χ0) is 14.5. The third-order valence-corrected chi connectivity index (χ3v) is 3.01. The summed E-state index contributed by atoms with van der Waals surface area (Å²) in [6, 6.07) is 14.0. The molecule has 2 rings (SSSR count). The molecular weight excluding hydrogens is 257 g/mol. The minimum absolute atomic E-state index is 0.169. The molecule has 0 aromatic heterocycles. The molecular formula is C16H16FNO2. The van der Waals surface area contributed by atoms with Gasteiger partial charge in [0.1, 0.15) is 12.4 Å². The van der Waals surface area contributed by atoms with E-state index >= 15 is 0 Å². The molecule has 0 bridgehead atoms. The summed E-state index contributed by atoms with van der Waals surface area (Å²) in [5, 5.41) is 9.01. The van der Waals surface area contributed by atoms with Crippen LogP contribution in [0.25, 0.3) is 0 Å². The Kier molecular flexibility index (Phi) is 4.35. The molecule has 0 spiro atoms. The maximum Gasteiger partial charge on any atom is 0.323 e. The van der Waals surface area contributed by atoms with Gasteiger partial charge in [0, 0.05) is 17.8 Å². The lowest BCUT2D eigenvalue weighted by Crippen LogP contribution is -2.29. The number of benzene rings is 2. The van der Waals surface area contributed by atoms with E-state index in [1.807, 2.05) is 37.3 Å². The average Bonchev–Trinajstić information content (AvgIpc) is 2.42. The summed E-state index contributed by atoms with van der Waals surface area (Å²) < 4.78 is 13.8. The van der Waals surface area contributed by atoms with Gasteiger partial charge in [-0.15, -0.1) is 0 Å². The molecule has 0 aliphatic rings. The molecule has 0 aliphatic carbocycles. The molecule has 0 aliphatic heterocycles. The van der Waals surface area contributed by atoms with Crippen molar-refractivity contribution in [3.05, 3.63) is 65.5 Å². The predicted octanol–water partition coefficient (Wildman–Crippen LogP) is 3.23. The number of carbonyl (C=O) groups is 1. The fraction of sp³-hybridized carbons (Fsp3) is 0.188. The maximum absolute atomic E-state index is 13.8. The Morgan fingerprint density at radius 3 is 2.55 bits per heavy atom. The van der Waals surface area contributed by atoms with Crippen LogP contribution < -0.4 is 4.90 Å². The van der Waals surface area contributed by atoms with Crippen LogP contribution in [0.5, 0.6) is 0 Å². The van der Waals surface area contributed by atoms with Crippen LogP contribution in [0, 0.1) is 12.7 Å². The van der Waals surface area contributed by atoms with E-state index < -0.39 is 5.97 Å². The SMILES string of the molecule is Cc1ccc(F)c(CN(CC(=O)O)c2ccccc2)c1.